The highest BCUT2D eigenvalue weighted by Crippen LogP contribution is 2.11. The molecular weight excluding hydrogens is 214 g/mol. The number of nitrogens with zero attached hydrogens (tertiary/aromatic N) is 1. The highest BCUT2D eigenvalue weighted by molar-refractivity contribution is 5.79. The molecule has 0 bridgehead atoms. The second kappa shape index (κ2) is 5.21. The van der Waals surface area contributed by atoms with Crippen LogP contribution in [0.5, 0.6) is 0 Å². The summed E-state index contributed by atoms with van der Waals surface area (Å²) in [6, 6.07) is 4.80. The Morgan fingerprint density at radius 2 is 2.25 bits per heavy atom. The Bertz CT molecular complexity index is 440. The van der Waals surface area contributed by atoms with Gasteiger partial charge in [-0.05, 0) is 13.0 Å². The standard InChI is InChI=1S/C11H10F2N2O/c1-7(6-14)15-10(16)5-8-3-2-4-9(12)11(8)13/h2-4,7H,5H2,1H3,(H,15,16). The van der Waals surface area contributed by atoms with Gasteiger partial charge in [0.1, 0.15) is 6.04 Å². The smallest absolute Gasteiger partial charge is 0.225 e. The molecule has 1 amide bonds. The molecule has 3 nitrogen and oxygen atoms in total. The van der Waals surface area contributed by atoms with E-state index < -0.39 is 23.6 Å². The molecule has 0 saturated carbocycles. The van der Waals surface area contributed by atoms with E-state index in [1.165, 1.54) is 19.1 Å². The first-order valence-electron chi connectivity index (χ1n) is 4.66. The molecule has 0 saturated heterocycles. The maximum absolute atomic E-state index is 13.2. The van der Waals surface area contributed by atoms with Crippen molar-refractivity contribution in [3.8, 4) is 6.07 Å². The van der Waals surface area contributed by atoms with E-state index in [1.807, 2.05) is 6.07 Å². The lowest BCUT2D eigenvalue weighted by Crippen LogP contribution is -2.32. The van der Waals surface area contributed by atoms with Crippen LogP contribution in [0.15, 0.2) is 18.2 Å². The summed E-state index contributed by atoms with van der Waals surface area (Å²) in [6.45, 7) is 1.50. The van der Waals surface area contributed by atoms with Crippen LogP contribution in [0.3, 0.4) is 0 Å². The Labute approximate surface area is 91.7 Å². The van der Waals surface area contributed by atoms with Gasteiger partial charge in [0.2, 0.25) is 5.91 Å². The summed E-state index contributed by atoms with van der Waals surface area (Å²) < 4.78 is 26.0. The van der Waals surface area contributed by atoms with Crippen molar-refractivity contribution in [1.82, 2.24) is 5.32 Å². The number of rotatable bonds is 3. The summed E-state index contributed by atoms with van der Waals surface area (Å²) in [4.78, 5) is 11.3. The zero-order valence-corrected chi connectivity index (χ0v) is 8.63. The monoisotopic (exact) mass is 224 g/mol. The van der Waals surface area contributed by atoms with Crippen LogP contribution in [-0.4, -0.2) is 11.9 Å². The lowest BCUT2D eigenvalue weighted by molar-refractivity contribution is -0.120. The average Bonchev–Trinajstić information content (AvgIpc) is 2.24. The third-order valence-electron chi connectivity index (χ3n) is 1.95. The molecule has 1 N–H and O–H groups in total. The van der Waals surface area contributed by atoms with Crippen molar-refractivity contribution in [1.29, 1.82) is 5.26 Å². The molecule has 0 aliphatic carbocycles. The SMILES string of the molecule is CC(C#N)NC(=O)Cc1cccc(F)c1F. The molecule has 0 radical (unpaired) electrons. The van der Waals surface area contributed by atoms with E-state index in [9.17, 15) is 13.6 Å². The lowest BCUT2D eigenvalue weighted by Gasteiger charge is -2.07. The minimum atomic E-state index is -1.03. The molecule has 1 rings (SSSR count). The van der Waals surface area contributed by atoms with Crippen LogP contribution in [0.4, 0.5) is 8.78 Å². The summed E-state index contributed by atoms with van der Waals surface area (Å²) in [5.41, 5.74) is -0.0253. The number of nitrogens with one attached hydrogen (secondary N) is 1. The molecular formula is C11H10F2N2O. The van der Waals surface area contributed by atoms with Gasteiger partial charge in [-0.2, -0.15) is 5.26 Å². The topological polar surface area (TPSA) is 52.9 Å². The highest BCUT2D eigenvalue weighted by Gasteiger charge is 2.12. The van der Waals surface area contributed by atoms with Crippen molar-refractivity contribution in [3.05, 3.63) is 35.4 Å². The van der Waals surface area contributed by atoms with E-state index in [0.717, 1.165) is 6.07 Å². The summed E-state index contributed by atoms with van der Waals surface area (Å²) in [5.74, 6) is -2.53. The fraction of sp³-hybridized carbons (Fsp3) is 0.273. The third kappa shape index (κ3) is 3.02. The molecule has 84 valence electrons. The quantitative estimate of drug-likeness (QED) is 0.846. The zero-order chi connectivity index (χ0) is 12.1. The maximum Gasteiger partial charge on any atom is 0.225 e. The summed E-state index contributed by atoms with van der Waals surface area (Å²) in [6.07, 6.45) is -0.282. The number of carbonyl (C=O) groups excluding carboxylic acids is 1. The molecule has 0 aliphatic rings. The Hall–Kier alpha value is -1.96. The fourth-order valence-corrected chi connectivity index (χ4v) is 1.18. The van der Waals surface area contributed by atoms with Crippen LogP contribution in [0.2, 0.25) is 0 Å². The van der Waals surface area contributed by atoms with Crippen molar-refractivity contribution in [2.45, 2.75) is 19.4 Å². The lowest BCUT2D eigenvalue weighted by atomic mass is 10.1. The predicted octanol–water partition coefficient (Wildman–Crippen LogP) is 1.54. The molecule has 1 aromatic carbocycles. The fourth-order valence-electron chi connectivity index (χ4n) is 1.18. The van der Waals surface area contributed by atoms with E-state index in [4.69, 9.17) is 5.26 Å². The van der Waals surface area contributed by atoms with E-state index in [2.05, 4.69) is 5.32 Å². The van der Waals surface area contributed by atoms with Gasteiger partial charge in [0, 0.05) is 5.56 Å². The van der Waals surface area contributed by atoms with E-state index in [0.29, 0.717) is 0 Å². The summed E-state index contributed by atoms with van der Waals surface area (Å²) in [5, 5.41) is 10.8. The first-order chi connectivity index (χ1) is 7.54. The van der Waals surface area contributed by atoms with Gasteiger partial charge in [0.25, 0.3) is 0 Å². The molecule has 5 heteroatoms. The number of nitriles is 1. The van der Waals surface area contributed by atoms with Gasteiger partial charge in [-0.25, -0.2) is 8.78 Å². The number of halogens is 2. The molecule has 0 aromatic heterocycles. The van der Waals surface area contributed by atoms with Crippen LogP contribution in [0, 0.1) is 23.0 Å². The number of hydrogen-bond donors (Lipinski definition) is 1. The Kier molecular flexibility index (Phi) is 3.95. The van der Waals surface area contributed by atoms with Gasteiger partial charge in [0.05, 0.1) is 12.5 Å². The molecule has 0 fully saturated rings. The molecule has 0 aliphatic heterocycles. The van der Waals surface area contributed by atoms with Crippen molar-refractivity contribution in [3.63, 3.8) is 0 Å². The van der Waals surface area contributed by atoms with Crippen molar-refractivity contribution in [2.24, 2.45) is 0 Å². The second-order valence-corrected chi connectivity index (χ2v) is 3.31. The summed E-state index contributed by atoms with van der Waals surface area (Å²) in [7, 11) is 0. The Morgan fingerprint density at radius 1 is 1.56 bits per heavy atom. The normalized spacial score (nSPS) is 11.6. The van der Waals surface area contributed by atoms with Crippen LogP contribution < -0.4 is 5.32 Å². The van der Waals surface area contributed by atoms with E-state index in [1.54, 1.807) is 0 Å². The average molecular weight is 224 g/mol. The van der Waals surface area contributed by atoms with Gasteiger partial charge >= 0.3 is 0 Å². The van der Waals surface area contributed by atoms with Crippen LogP contribution in [0.1, 0.15) is 12.5 Å². The predicted molar refractivity (Wildman–Crippen MR) is 53.3 cm³/mol. The van der Waals surface area contributed by atoms with Crippen molar-refractivity contribution >= 4 is 5.91 Å². The van der Waals surface area contributed by atoms with Crippen LogP contribution >= 0.6 is 0 Å². The molecule has 1 atom stereocenters. The minimum Gasteiger partial charge on any atom is -0.340 e. The second-order valence-electron chi connectivity index (χ2n) is 3.31. The Balaban J connectivity index is 2.71. The number of amides is 1. The van der Waals surface area contributed by atoms with E-state index >= 15 is 0 Å². The number of hydrogen-bond acceptors (Lipinski definition) is 2. The van der Waals surface area contributed by atoms with E-state index in [-0.39, 0.29) is 12.0 Å². The van der Waals surface area contributed by atoms with Gasteiger partial charge in [-0.3, -0.25) is 4.79 Å². The van der Waals surface area contributed by atoms with Gasteiger partial charge in [-0.15, -0.1) is 0 Å². The molecule has 16 heavy (non-hydrogen) atoms. The first kappa shape index (κ1) is 12.1. The van der Waals surface area contributed by atoms with Crippen molar-refractivity contribution < 1.29 is 13.6 Å². The van der Waals surface area contributed by atoms with Crippen LogP contribution in [-0.2, 0) is 11.2 Å². The van der Waals surface area contributed by atoms with Crippen molar-refractivity contribution in [2.75, 3.05) is 0 Å². The zero-order valence-electron chi connectivity index (χ0n) is 8.63. The molecule has 1 unspecified atom stereocenters. The maximum atomic E-state index is 13.2. The molecule has 0 heterocycles. The highest BCUT2D eigenvalue weighted by atomic mass is 19.2. The third-order valence-corrected chi connectivity index (χ3v) is 1.95. The number of benzene rings is 1. The number of carbonyl (C=O) groups is 1. The van der Waals surface area contributed by atoms with Gasteiger partial charge in [0.15, 0.2) is 11.6 Å². The Morgan fingerprint density at radius 3 is 2.88 bits per heavy atom. The first-order valence-corrected chi connectivity index (χ1v) is 4.66. The van der Waals surface area contributed by atoms with Gasteiger partial charge in [-0.1, -0.05) is 12.1 Å². The van der Waals surface area contributed by atoms with Gasteiger partial charge < -0.3 is 5.32 Å². The summed E-state index contributed by atoms with van der Waals surface area (Å²) >= 11 is 0. The molecule has 1 aromatic rings. The van der Waals surface area contributed by atoms with Crippen LogP contribution in [0.25, 0.3) is 0 Å². The molecule has 0 spiro atoms. The largest absolute Gasteiger partial charge is 0.340 e. The minimum absolute atomic E-state index is 0.0253.